The second-order valence-electron chi connectivity index (χ2n) is 3.40. The van der Waals surface area contributed by atoms with Crippen LogP contribution in [0.3, 0.4) is 0 Å². The molecule has 0 aromatic carbocycles. The second-order valence-corrected chi connectivity index (χ2v) is 4.22. The molecule has 0 aliphatic carbocycles. The van der Waals surface area contributed by atoms with E-state index in [1.54, 1.807) is 0 Å². The molecule has 0 aliphatic heterocycles. The van der Waals surface area contributed by atoms with Crippen LogP contribution in [-0.2, 0) is 9.53 Å². The summed E-state index contributed by atoms with van der Waals surface area (Å²) in [5, 5.41) is 9.37. The molecule has 0 saturated heterocycles. The molecular weight excluding hydrogens is 190 g/mol. The molecule has 0 aliphatic rings. The van der Waals surface area contributed by atoms with Crippen molar-refractivity contribution < 1.29 is 14.6 Å². The Morgan fingerprint density at radius 3 is 2.46 bits per heavy atom. The van der Waals surface area contributed by atoms with Crippen LogP contribution in [0.4, 0.5) is 0 Å². The summed E-state index contributed by atoms with van der Waals surface area (Å²) in [7, 11) is 0. The van der Waals surface area contributed by atoms with Gasteiger partial charge in [-0.15, -0.1) is 12.6 Å². The number of hydrogen-bond donors (Lipinski definition) is 3. The Morgan fingerprint density at radius 2 is 2.15 bits per heavy atom. The number of nitrogens with two attached hydrogens (primary N) is 1. The lowest BCUT2D eigenvalue weighted by atomic mass is 10.2. The lowest BCUT2D eigenvalue weighted by Gasteiger charge is -2.33. The quantitative estimate of drug-likeness (QED) is 0.333. The predicted octanol–water partition coefficient (Wildman–Crippen LogP) is 0.295. The minimum atomic E-state index is -1.29. The van der Waals surface area contributed by atoms with E-state index < -0.39 is 10.7 Å². The van der Waals surface area contributed by atoms with Crippen molar-refractivity contribution in [1.29, 1.82) is 0 Å². The van der Waals surface area contributed by atoms with Gasteiger partial charge in [-0.1, -0.05) is 0 Å². The lowest BCUT2D eigenvalue weighted by Crippen LogP contribution is -2.42. The monoisotopic (exact) mass is 207 g/mol. The van der Waals surface area contributed by atoms with Crippen LogP contribution in [0.2, 0.25) is 0 Å². The fourth-order valence-electron chi connectivity index (χ4n) is 0.944. The number of hydrogen-bond acceptors (Lipinski definition) is 5. The summed E-state index contributed by atoms with van der Waals surface area (Å²) in [6, 6.07) is 0. The number of aliphatic hydroxyl groups is 1. The van der Waals surface area contributed by atoms with Crippen LogP contribution in [0.15, 0.2) is 0 Å². The van der Waals surface area contributed by atoms with Gasteiger partial charge in [-0.05, 0) is 20.3 Å². The highest BCUT2D eigenvalue weighted by atomic mass is 32.1. The van der Waals surface area contributed by atoms with Gasteiger partial charge in [0.25, 0.3) is 0 Å². The van der Waals surface area contributed by atoms with E-state index in [2.05, 4.69) is 12.6 Å². The number of aldehydes is 1. The Balaban J connectivity index is 4.18. The molecule has 4 nitrogen and oxygen atoms in total. The fraction of sp³-hybridized carbons (Fsp3) is 0.875. The maximum atomic E-state index is 10.1. The van der Waals surface area contributed by atoms with Crippen molar-refractivity contribution in [2.45, 2.75) is 37.4 Å². The van der Waals surface area contributed by atoms with Crippen LogP contribution in [0.1, 0.15) is 26.7 Å². The molecule has 0 fully saturated rings. The van der Waals surface area contributed by atoms with E-state index >= 15 is 0 Å². The lowest BCUT2D eigenvalue weighted by molar-refractivity contribution is -0.215. The van der Waals surface area contributed by atoms with E-state index in [1.165, 1.54) is 13.8 Å². The van der Waals surface area contributed by atoms with Crippen LogP contribution in [0.25, 0.3) is 0 Å². The molecule has 0 saturated carbocycles. The summed E-state index contributed by atoms with van der Waals surface area (Å²) in [6.45, 7) is 3.14. The van der Waals surface area contributed by atoms with Gasteiger partial charge >= 0.3 is 0 Å². The zero-order valence-corrected chi connectivity index (χ0v) is 8.88. The molecule has 1 unspecified atom stereocenters. The first-order chi connectivity index (χ1) is 5.83. The first-order valence-electron chi connectivity index (χ1n) is 4.11. The average Bonchev–Trinajstić information content (AvgIpc) is 1.98. The van der Waals surface area contributed by atoms with Gasteiger partial charge in [-0.2, -0.15) is 0 Å². The van der Waals surface area contributed by atoms with Gasteiger partial charge in [0.2, 0.25) is 0 Å². The van der Waals surface area contributed by atoms with Gasteiger partial charge < -0.3 is 20.4 Å². The molecule has 0 spiro atoms. The summed E-state index contributed by atoms with van der Waals surface area (Å²) in [5.74, 6) is -1.29. The summed E-state index contributed by atoms with van der Waals surface area (Å²) in [4.78, 5) is 9.21. The summed E-state index contributed by atoms with van der Waals surface area (Å²) in [6.07, 6.45) is 1.48. The molecule has 0 radical (unpaired) electrons. The third-order valence-corrected chi connectivity index (χ3v) is 1.91. The zero-order chi connectivity index (χ0) is 10.5. The minimum Gasteiger partial charge on any atom is -0.366 e. The number of carbonyl (C=O) groups excluding carboxylic acids is 1. The summed E-state index contributed by atoms with van der Waals surface area (Å²) < 4.78 is 5.21. The van der Waals surface area contributed by atoms with Crippen LogP contribution in [-0.4, -0.2) is 28.7 Å². The minimum absolute atomic E-state index is 0.147. The Labute approximate surface area is 83.9 Å². The number of ether oxygens (including phenoxy) is 1. The van der Waals surface area contributed by atoms with E-state index in [0.29, 0.717) is 12.8 Å². The summed E-state index contributed by atoms with van der Waals surface area (Å²) in [5.41, 5.74) is 5.43. The second kappa shape index (κ2) is 4.95. The normalized spacial score (nSPS) is 16.7. The van der Waals surface area contributed by atoms with E-state index in [1.807, 2.05) is 0 Å². The Kier molecular flexibility index (Phi) is 4.91. The maximum Gasteiger partial charge on any atom is 0.161 e. The van der Waals surface area contributed by atoms with Gasteiger partial charge in [-0.3, -0.25) is 0 Å². The molecule has 78 valence electrons. The molecule has 5 heteroatoms. The molecule has 0 rings (SSSR count). The Hall–Kier alpha value is -0.100. The standard InChI is InChI=1S/C8H17NO3S/c1-7(2,11)12-8(13,6-9)4-3-5-10/h5,11,13H,3-4,6,9H2,1-2H3. The van der Waals surface area contributed by atoms with Gasteiger partial charge in [0.1, 0.15) is 11.2 Å². The van der Waals surface area contributed by atoms with E-state index in [9.17, 15) is 9.90 Å². The highest BCUT2D eigenvalue weighted by Crippen LogP contribution is 2.26. The van der Waals surface area contributed by atoms with E-state index in [0.717, 1.165) is 6.29 Å². The molecular formula is C8H17NO3S. The third-order valence-electron chi connectivity index (χ3n) is 1.41. The van der Waals surface area contributed by atoms with Gasteiger partial charge in [0, 0.05) is 13.0 Å². The highest BCUT2D eigenvalue weighted by Gasteiger charge is 2.30. The molecule has 1 atom stereocenters. The fourth-order valence-corrected chi connectivity index (χ4v) is 1.30. The molecule has 13 heavy (non-hydrogen) atoms. The number of thiol groups is 1. The first-order valence-corrected chi connectivity index (χ1v) is 4.56. The van der Waals surface area contributed by atoms with Gasteiger partial charge in [0.15, 0.2) is 5.79 Å². The van der Waals surface area contributed by atoms with Crippen molar-refractivity contribution in [2.24, 2.45) is 5.73 Å². The summed E-state index contributed by atoms with van der Waals surface area (Å²) >= 11 is 4.18. The molecule has 0 aromatic heterocycles. The largest absolute Gasteiger partial charge is 0.366 e. The van der Waals surface area contributed by atoms with Crippen molar-refractivity contribution in [1.82, 2.24) is 0 Å². The van der Waals surface area contributed by atoms with Gasteiger partial charge in [0.05, 0.1) is 0 Å². The Bertz CT molecular complexity index is 169. The van der Waals surface area contributed by atoms with E-state index in [4.69, 9.17) is 10.5 Å². The first kappa shape index (κ1) is 12.9. The zero-order valence-electron chi connectivity index (χ0n) is 7.99. The third kappa shape index (κ3) is 6.04. The Morgan fingerprint density at radius 1 is 1.62 bits per heavy atom. The number of rotatable bonds is 6. The van der Waals surface area contributed by atoms with Crippen LogP contribution in [0, 0.1) is 0 Å². The van der Waals surface area contributed by atoms with Crippen molar-refractivity contribution in [3.05, 3.63) is 0 Å². The van der Waals surface area contributed by atoms with Crippen LogP contribution < -0.4 is 5.73 Å². The van der Waals surface area contributed by atoms with E-state index in [-0.39, 0.29) is 6.54 Å². The topological polar surface area (TPSA) is 72.6 Å². The highest BCUT2D eigenvalue weighted by molar-refractivity contribution is 7.81. The SMILES string of the molecule is CC(C)(O)OC(S)(CN)CCC=O. The predicted molar refractivity (Wildman–Crippen MR) is 53.5 cm³/mol. The van der Waals surface area contributed by atoms with Crippen molar-refractivity contribution in [3.8, 4) is 0 Å². The van der Waals surface area contributed by atoms with Crippen molar-refractivity contribution in [2.75, 3.05) is 6.54 Å². The molecule has 0 bridgehead atoms. The average molecular weight is 207 g/mol. The molecule has 3 N–H and O–H groups in total. The maximum absolute atomic E-state index is 10.1. The van der Waals surface area contributed by atoms with Crippen LogP contribution >= 0.6 is 12.6 Å². The van der Waals surface area contributed by atoms with Crippen molar-refractivity contribution >= 4 is 18.9 Å². The number of carbonyl (C=O) groups is 1. The smallest absolute Gasteiger partial charge is 0.161 e. The van der Waals surface area contributed by atoms with Crippen LogP contribution in [0.5, 0.6) is 0 Å². The molecule has 0 heterocycles. The van der Waals surface area contributed by atoms with Gasteiger partial charge in [-0.25, -0.2) is 0 Å². The van der Waals surface area contributed by atoms with Crippen molar-refractivity contribution in [3.63, 3.8) is 0 Å². The molecule has 0 aromatic rings. The molecule has 0 amide bonds.